The van der Waals surface area contributed by atoms with Crippen LogP contribution in [0.15, 0.2) is 42.5 Å². The zero-order valence-corrected chi connectivity index (χ0v) is 15.4. The highest BCUT2D eigenvalue weighted by molar-refractivity contribution is 7.91. The van der Waals surface area contributed by atoms with Gasteiger partial charge in [-0.2, -0.15) is 0 Å². The van der Waals surface area contributed by atoms with Crippen LogP contribution in [0.1, 0.15) is 34.6 Å². The molecule has 0 radical (unpaired) electrons. The second-order valence-corrected chi connectivity index (χ2v) is 8.29. The third-order valence-electron chi connectivity index (χ3n) is 3.97. The van der Waals surface area contributed by atoms with Gasteiger partial charge in [0.2, 0.25) is 0 Å². The molecule has 26 heavy (non-hydrogen) atoms. The summed E-state index contributed by atoms with van der Waals surface area (Å²) in [7, 11) is -3.14. The number of nitrogens with one attached hydrogen (secondary N) is 1. The fourth-order valence-electron chi connectivity index (χ4n) is 2.33. The zero-order valence-electron chi connectivity index (χ0n) is 14.6. The van der Waals surface area contributed by atoms with E-state index in [1.807, 2.05) is 0 Å². The summed E-state index contributed by atoms with van der Waals surface area (Å²) in [5.74, 6) is -1.11. The number of benzene rings is 2. The van der Waals surface area contributed by atoms with E-state index in [0.717, 1.165) is 0 Å². The number of hydrogen-bond acceptors (Lipinski definition) is 4. The van der Waals surface area contributed by atoms with Gasteiger partial charge in [0, 0.05) is 29.0 Å². The van der Waals surface area contributed by atoms with Crippen LogP contribution >= 0.6 is 0 Å². The maximum Gasteiger partial charge on any atom is 0.251 e. The van der Waals surface area contributed by atoms with Crippen molar-refractivity contribution < 1.29 is 22.4 Å². The number of halogens is 1. The SMILES string of the molecule is CCS(=O)(=O)CCNC(=O)c1ccc(-c2cc(C(C)=O)ccc2F)cc1. The van der Waals surface area contributed by atoms with E-state index in [1.54, 1.807) is 19.1 Å². The fourth-order valence-corrected chi connectivity index (χ4v) is 3.03. The van der Waals surface area contributed by atoms with E-state index in [4.69, 9.17) is 0 Å². The van der Waals surface area contributed by atoms with Gasteiger partial charge in [-0.15, -0.1) is 0 Å². The predicted octanol–water partition coefficient (Wildman–Crippen LogP) is 2.86. The predicted molar refractivity (Wildman–Crippen MR) is 98.5 cm³/mol. The van der Waals surface area contributed by atoms with Crippen molar-refractivity contribution >= 4 is 21.5 Å². The summed E-state index contributed by atoms with van der Waals surface area (Å²) in [4.78, 5) is 23.5. The first-order valence-electron chi connectivity index (χ1n) is 8.13. The van der Waals surface area contributed by atoms with Crippen molar-refractivity contribution in [2.45, 2.75) is 13.8 Å². The molecule has 1 amide bonds. The van der Waals surface area contributed by atoms with E-state index in [1.165, 1.54) is 37.3 Å². The van der Waals surface area contributed by atoms with Crippen LogP contribution in [0.5, 0.6) is 0 Å². The van der Waals surface area contributed by atoms with Crippen molar-refractivity contribution in [1.29, 1.82) is 0 Å². The van der Waals surface area contributed by atoms with Crippen molar-refractivity contribution in [1.82, 2.24) is 5.32 Å². The van der Waals surface area contributed by atoms with Crippen LogP contribution in [-0.2, 0) is 9.84 Å². The zero-order chi connectivity index (χ0) is 19.3. The summed E-state index contributed by atoms with van der Waals surface area (Å²) in [5, 5.41) is 2.55. The van der Waals surface area contributed by atoms with Crippen molar-refractivity contribution in [3.8, 4) is 11.1 Å². The summed E-state index contributed by atoms with van der Waals surface area (Å²) >= 11 is 0. The molecule has 0 atom stereocenters. The van der Waals surface area contributed by atoms with Crippen LogP contribution in [0.25, 0.3) is 11.1 Å². The Bertz CT molecular complexity index is 921. The van der Waals surface area contributed by atoms with Gasteiger partial charge in [-0.1, -0.05) is 19.1 Å². The standard InChI is InChI=1S/C19H20FNO4S/c1-3-26(24,25)11-10-21-19(23)15-6-4-14(5-7-15)17-12-16(13(2)22)8-9-18(17)20/h4-9,12H,3,10-11H2,1-2H3,(H,21,23). The molecule has 7 heteroatoms. The molecule has 0 fully saturated rings. The summed E-state index contributed by atoms with van der Waals surface area (Å²) in [6.07, 6.45) is 0. The summed E-state index contributed by atoms with van der Waals surface area (Å²) in [6.45, 7) is 2.99. The molecule has 0 spiro atoms. The molecule has 5 nitrogen and oxygen atoms in total. The lowest BCUT2D eigenvalue weighted by atomic mass is 10.00. The topological polar surface area (TPSA) is 80.3 Å². The summed E-state index contributed by atoms with van der Waals surface area (Å²) in [5.41, 5.74) is 1.56. The quantitative estimate of drug-likeness (QED) is 0.753. The van der Waals surface area contributed by atoms with E-state index >= 15 is 0 Å². The van der Waals surface area contributed by atoms with Crippen LogP contribution < -0.4 is 5.32 Å². The van der Waals surface area contributed by atoms with E-state index in [-0.39, 0.29) is 29.4 Å². The first-order valence-corrected chi connectivity index (χ1v) is 9.95. The Balaban J connectivity index is 2.12. The third-order valence-corrected chi connectivity index (χ3v) is 5.68. The normalized spacial score (nSPS) is 11.2. The lowest BCUT2D eigenvalue weighted by Crippen LogP contribution is -2.29. The van der Waals surface area contributed by atoms with Crippen molar-refractivity contribution in [2.75, 3.05) is 18.1 Å². The molecule has 138 valence electrons. The maximum atomic E-state index is 14.0. The molecule has 2 rings (SSSR count). The number of Topliss-reactive ketones (excluding diaryl/α,β-unsaturated/α-hetero) is 1. The Labute approximate surface area is 152 Å². The molecule has 0 aliphatic rings. The number of hydrogen-bond donors (Lipinski definition) is 1. The van der Waals surface area contributed by atoms with Crippen molar-refractivity contribution in [2.24, 2.45) is 0 Å². The van der Waals surface area contributed by atoms with Crippen LogP contribution in [0, 0.1) is 5.82 Å². The number of ketones is 1. The lowest BCUT2D eigenvalue weighted by Gasteiger charge is -2.08. The van der Waals surface area contributed by atoms with E-state index < -0.39 is 21.6 Å². The summed E-state index contributed by atoms with van der Waals surface area (Å²) in [6, 6.07) is 10.4. The second-order valence-electron chi connectivity index (χ2n) is 5.82. The van der Waals surface area contributed by atoms with E-state index in [2.05, 4.69) is 5.32 Å². The largest absolute Gasteiger partial charge is 0.351 e. The number of carbonyl (C=O) groups excluding carboxylic acids is 2. The molecule has 0 unspecified atom stereocenters. The maximum absolute atomic E-state index is 14.0. The molecule has 1 N–H and O–H groups in total. The number of sulfone groups is 1. The number of rotatable bonds is 7. The van der Waals surface area contributed by atoms with Crippen LogP contribution in [0.4, 0.5) is 4.39 Å². The smallest absolute Gasteiger partial charge is 0.251 e. The molecule has 0 aliphatic heterocycles. The molecule has 0 aromatic heterocycles. The first kappa shape index (κ1) is 19.8. The molecule has 0 bridgehead atoms. The Morgan fingerprint density at radius 3 is 2.23 bits per heavy atom. The molecular weight excluding hydrogens is 357 g/mol. The molecule has 0 heterocycles. The van der Waals surface area contributed by atoms with Gasteiger partial charge in [-0.05, 0) is 42.8 Å². The van der Waals surface area contributed by atoms with Gasteiger partial charge in [0.25, 0.3) is 5.91 Å². The lowest BCUT2D eigenvalue weighted by molar-refractivity contribution is 0.0955. The second kappa shape index (κ2) is 8.23. The van der Waals surface area contributed by atoms with Gasteiger partial charge in [0.1, 0.15) is 5.82 Å². The van der Waals surface area contributed by atoms with E-state index in [0.29, 0.717) is 16.7 Å². The first-order chi connectivity index (χ1) is 12.2. The van der Waals surface area contributed by atoms with E-state index in [9.17, 15) is 22.4 Å². The van der Waals surface area contributed by atoms with Gasteiger partial charge in [-0.3, -0.25) is 9.59 Å². The molecule has 0 saturated heterocycles. The highest BCUT2D eigenvalue weighted by atomic mass is 32.2. The van der Waals surface area contributed by atoms with Gasteiger partial charge in [0.05, 0.1) is 5.75 Å². The van der Waals surface area contributed by atoms with Crippen LogP contribution in [0.2, 0.25) is 0 Å². The molecular formula is C19H20FNO4S. The number of carbonyl (C=O) groups is 2. The Morgan fingerprint density at radius 1 is 1.04 bits per heavy atom. The molecule has 0 aliphatic carbocycles. The minimum atomic E-state index is -3.14. The number of amides is 1. The monoisotopic (exact) mass is 377 g/mol. The fraction of sp³-hybridized carbons (Fsp3) is 0.263. The highest BCUT2D eigenvalue weighted by Crippen LogP contribution is 2.24. The van der Waals surface area contributed by atoms with Crippen LogP contribution in [0.3, 0.4) is 0 Å². The Morgan fingerprint density at radius 2 is 1.65 bits per heavy atom. The minimum absolute atomic E-state index is 0.0302. The van der Waals surface area contributed by atoms with Gasteiger partial charge in [-0.25, -0.2) is 12.8 Å². The Hall–Kier alpha value is -2.54. The highest BCUT2D eigenvalue weighted by Gasteiger charge is 2.12. The summed E-state index contributed by atoms with van der Waals surface area (Å²) < 4.78 is 36.9. The minimum Gasteiger partial charge on any atom is -0.351 e. The third kappa shape index (κ3) is 4.98. The van der Waals surface area contributed by atoms with Gasteiger partial charge >= 0.3 is 0 Å². The van der Waals surface area contributed by atoms with Crippen LogP contribution in [-0.4, -0.2) is 38.2 Å². The molecule has 0 saturated carbocycles. The van der Waals surface area contributed by atoms with Gasteiger partial charge in [0.15, 0.2) is 15.6 Å². The van der Waals surface area contributed by atoms with Gasteiger partial charge < -0.3 is 5.32 Å². The van der Waals surface area contributed by atoms with Crippen molar-refractivity contribution in [3.63, 3.8) is 0 Å². The Kier molecular flexibility index (Phi) is 6.26. The van der Waals surface area contributed by atoms with Crippen molar-refractivity contribution in [3.05, 3.63) is 59.4 Å². The molecule has 2 aromatic carbocycles. The average molecular weight is 377 g/mol. The molecule has 2 aromatic rings. The average Bonchev–Trinajstić information content (AvgIpc) is 2.62.